The highest BCUT2D eigenvalue weighted by Crippen LogP contribution is 2.48. The number of anilines is 2. The number of hydrogen-bond donors (Lipinski definition) is 3. The van der Waals surface area contributed by atoms with Crippen LogP contribution in [0.25, 0.3) is 0 Å². The van der Waals surface area contributed by atoms with Crippen LogP contribution in [0.4, 0.5) is 11.4 Å². The van der Waals surface area contributed by atoms with Crippen LogP contribution >= 0.6 is 0 Å². The Bertz CT molecular complexity index is 1780. The van der Waals surface area contributed by atoms with E-state index in [1.807, 2.05) is 87.5 Å². The molecule has 1 aliphatic carbocycles. The van der Waals surface area contributed by atoms with Crippen LogP contribution in [0.2, 0.25) is 0 Å². The number of benzene rings is 4. The number of aliphatic hydroxyl groups is 1. The maximum atomic E-state index is 14.3. The van der Waals surface area contributed by atoms with Crippen LogP contribution in [0.1, 0.15) is 60.9 Å². The van der Waals surface area contributed by atoms with Gasteiger partial charge in [-0.05, 0) is 73.2 Å². The first-order valence-electron chi connectivity index (χ1n) is 16.4. The van der Waals surface area contributed by atoms with Gasteiger partial charge in [0, 0.05) is 23.7 Å². The van der Waals surface area contributed by atoms with Gasteiger partial charge in [-0.15, -0.1) is 0 Å². The number of para-hydroxylation sites is 2. The molecule has 0 aromatic heterocycles. The second-order valence-electron chi connectivity index (χ2n) is 12.7. The SMILES string of the molecule is CCc1ccccc1NC(=O)C1C(=O)CC(C)(O)C(C(=O)Nc2ccccc2CC)C1c1ccc(OCc2ccc(C)cc2)c(OC)c1. The van der Waals surface area contributed by atoms with Crippen molar-refractivity contribution in [3.63, 3.8) is 0 Å². The Labute approximate surface area is 282 Å². The Morgan fingerprint density at radius 3 is 2.00 bits per heavy atom. The molecule has 4 atom stereocenters. The van der Waals surface area contributed by atoms with Gasteiger partial charge in [-0.25, -0.2) is 0 Å². The lowest BCUT2D eigenvalue weighted by molar-refractivity contribution is -0.150. The molecule has 250 valence electrons. The number of carbonyl (C=O) groups is 3. The second-order valence-corrected chi connectivity index (χ2v) is 12.7. The first-order chi connectivity index (χ1) is 23.1. The molecule has 4 aromatic rings. The number of hydrogen-bond acceptors (Lipinski definition) is 6. The van der Waals surface area contributed by atoms with Crippen LogP contribution < -0.4 is 20.1 Å². The number of carbonyl (C=O) groups excluding carboxylic acids is 3. The van der Waals surface area contributed by atoms with Crippen LogP contribution in [0.15, 0.2) is 91.0 Å². The molecule has 2 amide bonds. The quantitative estimate of drug-likeness (QED) is 0.151. The summed E-state index contributed by atoms with van der Waals surface area (Å²) in [4.78, 5) is 42.4. The van der Waals surface area contributed by atoms with Crippen molar-refractivity contribution in [3.05, 3.63) is 119 Å². The largest absolute Gasteiger partial charge is 0.493 e. The Balaban J connectivity index is 1.57. The third-order valence-corrected chi connectivity index (χ3v) is 9.23. The first kappa shape index (κ1) is 34.4. The van der Waals surface area contributed by atoms with Crippen molar-refractivity contribution in [2.24, 2.45) is 11.8 Å². The summed E-state index contributed by atoms with van der Waals surface area (Å²) in [5.41, 5.74) is 3.93. The van der Waals surface area contributed by atoms with Crippen molar-refractivity contribution < 1.29 is 29.0 Å². The van der Waals surface area contributed by atoms with Gasteiger partial charge >= 0.3 is 0 Å². The van der Waals surface area contributed by atoms with Crippen molar-refractivity contribution in [3.8, 4) is 11.5 Å². The Morgan fingerprint density at radius 2 is 1.42 bits per heavy atom. The van der Waals surface area contributed by atoms with Crippen LogP contribution in [0.5, 0.6) is 11.5 Å². The van der Waals surface area contributed by atoms with Gasteiger partial charge in [-0.2, -0.15) is 0 Å². The first-order valence-corrected chi connectivity index (χ1v) is 16.4. The van der Waals surface area contributed by atoms with Crippen LogP contribution in [0, 0.1) is 18.8 Å². The average molecular weight is 649 g/mol. The molecule has 4 aromatic carbocycles. The molecule has 0 saturated heterocycles. The second kappa shape index (κ2) is 14.9. The van der Waals surface area contributed by atoms with E-state index in [0.717, 1.165) is 22.3 Å². The van der Waals surface area contributed by atoms with Gasteiger partial charge in [0.1, 0.15) is 18.3 Å². The minimum atomic E-state index is -1.75. The predicted molar refractivity (Wildman–Crippen MR) is 187 cm³/mol. The number of amides is 2. The lowest BCUT2D eigenvalue weighted by Crippen LogP contribution is -2.56. The van der Waals surface area contributed by atoms with Gasteiger partial charge in [0.25, 0.3) is 0 Å². The summed E-state index contributed by atoms with van der Waals surface area (Å²) in [6.45, 7) is 7.79. The lowest BCUT2D eigenvalue weighted by Gasteiger charge is -2.44. The fourth-order valence-corrected chi connectivity index (χ4v) is 6.67. The normalized spacial score (nSPS) is 20.5. The summed E-state index contributed by atoms with van der Waals surface area (Å²) in [7, 11) is 1.51. The summed E-state index contributed by atoms with van der Waals surface area (Å²) in [5.74, 6) is -4.08. The van der Waals surface area contributed by atoms with Crippen LogP contribution in [-0.4, -0.2) is 35.4 Å². The maximum absolute atomic E-state index is 14.3. The molecule has 0 bridgehead atoms. The number of ether oxygens (including phenoxy) is 2. The fourth-order valence-electron chi connectivity index (χ4n) is 6.67. The van der Waals surface area contributed by atoms with Crippen LogP contribution in [0.3, 0.4) is 0 Å². The van der Waals surface area contributed by atoms with E-state index in [1.54, 1.807) is 24.3 Å². The van der Waals surface area contributed by atoms with Gasteiger partial charge in [0.15, 0.2) is 11.5 Å². The van der Waals surface area contributed by atoms with Gasteiger partial charge < -0.3 is 25.2 Å². The summed E-state index contributed by atoms with van der Waals surface area (Å²) >= 11 is 0. The number of aryl methyl sites for hydroxylation is 3. The molecule has 1 aliphatic rings. The van der Waals surface area contributed by atoms with Crippen molar-refractivity contribution in [2.45, 2.75) is 65.1 Å². The highest BCUT2D eigenvalue weighted by Gasteiger charge is 2.56. The van der Waals surface area contributed by atoms with Gasteiger partial charge in [-0.1, -0.05) is 86.1 Å². The molecular formula is C40H44N2O6. The number of rotatable bonds is 11. The smallest absolute Gasteiger partial charge is 0.235 e. The van der Waals surface area contributed by atoms with E-state index < -0.39 is 41.0 Å². The molecule has 1 saturated carbocycles. The molecule has 8 nitrogen and oxygen atoms in total. The molecule has 1 fully saturated rings. The van der Waals surface area contributed by atoms with E-state index in [2.05, 4.69) is 10.6 Å². The predicted octanol–water partition coefficient (Wildman–Crippen LogP) is 7.02. The van der Waals surface area contributed by atoms with E-state index in [-0.39, 0.29) is 6.42 Å². The maximum Gasteiger partial charge on any atom is 0.235 e. The molecule has 8 heteroatoms. The van der Waals surface area contributed by atoms with Crippen molar-refractivity contribution in [1.29, 1.82) is 0 Å². The van der Waals surface area contributed by atoms with Crippen molar-refractivity contribution >= 4 is 29.0 Å². The summed E-state index contributed by atoms with van der Waals surface area (Å²) in [5, 5.41) is 17.8. The Hall–Kier alpha value is -4.95. The summed E-state index contributed by atoms with van der Waals surface area (Å²) < 4.78 is 11.8. The van der Waals surface area contributed by atoms with E-state index in [4.69, 9.17) is 9.47 Å². The number of ketones is 1. The Morgan fingerprint density at radius 1 is 0.833 bits per heavy atom. The molecule has 48 heavy (non-hydrogen) atoms. The number of Topliss-reactive ketones (excluding diaryl/α,β-unsaturated/α-hetero) is 1. The van der Waals surface area contributed by atoms with Crippen molar-refractivity contribution in [2.75, 3.05) is 17.7 Å². The highest BCUT2D eigenvalue weighted by atomic mass is 16.5. The van der Waals surface area contributed by atoms with E-state index in [1.165, 1.54) is 14.0 Å². The van der Waals surface area contributed by atoms with Gasteiger partial charge in [0.05, 0.1) is 18.6 Å². The zero-order chi connectivity index (χ0) is 34.4. The highest BCUT2D eigenvalue weighted by molar-refractivity contribution is 6.10. The summed E-state index contributed by atoms with van der Waals surface area (Å²) in [6, 6.07) is 28.1. The fraction of sp³-hybridized carbons (Fsp3) is 0.325. The molecular weight excluding hydrogens is 604 g/mol. The molecule has 0 radical (unpaired) electrons. The minimum absolute atomic E-state index is 0.302. The molecule has 0 spiro atoms. The molecule has 4 unspecified atom stereocenters. The lowest BCUT2D eigenvalue weighted by atomic mass is 9.61. The molecule has 3 N–H and O–H groups in total. The zero-order valence-electron chi connectivity index (χ0n) is 28.2. The molecule has 0 aliphatic heterocycles. The van der Waals surface area contributed by atoms with Gasteiger partial charge in [0.2, 0.25) is 11.8 Å². The zero-order valence-corrected chi connectivity index (χ0v) is 28.2. The molecule has 5 rings (SSSR count). The molecule has 0 heterocycles. The minimum Gasteiger partial charge on any atom is -0.493 e. The van der Waals surface area contributed by atoms with Gasteiger partial charge in [-0.3, -0.25) is 14.4 Å². The van der Waals surface area contributed by atoms with E-state index in [9.17, 15) is 19.5 Å². The standard InChI is InChI=1S/C40H44N2O6/c1-6-27-12-8-10-14-30(27)41-38(44)36-32(43)23-40(4,46)37(39(45)42-31-15-11-9-13-28(31)7-2)35(36)29-20-21-33(34(22-29)47-5)48-24-26-18-16-25(3)17-19-26/h8-22,35-37,46H,6-7,23-24H2,1-5H3,(H,41,44)(H,42,45). The average Bonchev–Trinajstić information content (AvgIpc) is 3.07. The monoisotopic (exact) mass is 648 g/mol. The van der Waals surface area contributed by atoms with Crippen molar-refractivity contribution in [1.82, 2.24) is 0 Å². The third-order valence-electron chi connectivity index (χ3n) is 9.23. The van der Waals surface area contributed by atoms with E-state index in [0.29, 0.717) is 47.9 Å². The summed E-state index contributed by atoms with van der Waals surface area (Å²) in [6.07, 6.45) is 0.998. The van der Waals surface area contributed by atoms with Crippen LogP contribution in [-0.2, 0) is 33.8 Å². The number of methoxy groups -OCH3 is 1. The Kier molecular flexibility index (Phi) is 10.6. The van der Waals surface area contributed by atoms with E-state index >= 15 is 0 Å². The number of nitrogens with one attached hydrogen (secondary N) is 2. The topological polar surface area (TPSA) is 114 Å². The third kappa shape index (κ3) is 7.44.